The number of benzene rings is 1. The van der Waals surface area contributed by atoms with Crippen molar-refractivity contribution >= 4 is 12.1 Å². The Kier molecular flexibility index (Phi) is 6.33. The summed E-state index contributed by atoms with van der Waals surface area (Å²) in [6.07, 6.45) is 1.35. The number of rotatable bonds is 5. The van der Waals surface area contributed by atoms with Crippen LogP contribution >= 0.6 is 0 Å². The molecular formula is C20H24N2O4. The van der Waals surface area contributed by atoms with Gasteiger partial charge < -0.3 is 14.8 Å². The first-order chi connectivity index (χ1) is 12.3. The average molecular weight is 356 g/mol. The van der Waals surface area contributed by atoms with Crippen LogP contribution in [-0.4, -0.2) is 35.8 Å². The van der Waals surface area contributed by atoms with Crippen molar-refractivity contribution in [1.82, 2.24) is 10.3 Å². The van der Waals surface area contributed by atoms with Crippen LogP contribution in [-0.2, 0) is 20.7 Å². The molecule has 0 aliphatic heterocycles. The SMILES string of the molecule is COC(=O)[C@H](Cc1cccc(-c2ccccn2)c1)NC(=O)OC(C)(C)C. The molecule has 0 aliphatic carbocycles. The van der Waals surface area contributed by atoms with Gasteiger partial charge in [0.1, 0.15) is 11.6 Å². The lowest BCUT2D eigenvalue weighted by Gasteiger charge is -2.22. The van der Waals surface area contributed by atoms with Gasteiger partial charge in [0.25, 0.3) is 0 Å². The van der Waals surface area contributed by atoms with E-state index >= 15 is 0 Å². The minimum absolute atomic E-state index is 0.284. The van der Waals surface area contributed by atoms with E-state index < -0.39 is 23.7 Å². The predicted octanol–water partition coefficient (Wildman–Crippen LogP) is 3.36. The van der Waals surface area contributed by atoms with Crippen LogP contribution in [0.1, 0.15) is 26.3 Å². The van der Waals surface area contributed by atoms with Gasteiger partial charge in [-0.15, -0.1) is 0 Å². The Balaban J connectivity index is 2.16. The van der Waals surface area contributed by atoms with E-state index in [-0.39, 0.29) is 6.42 Å². The van der Waals surface area contributed by atoms with E-state index in [0.29, 0.717) is 0 Å². The van der Waals surface area contributed by atoms with Gasteiger partial charge >= 0.3 is 12.1 Å². The second-order valence-electron chi connectivity index (χ2n) is 6.84. The Bertz CT molecular complexity index is 754. The summed E-state index contributed by atoms with van der Waals surface area (Å²) >= 11 is 0. The van der Waals surface area contributed by atoms with E-state index in [1.54, 1.807) is 27.0 Å². The molecule has 6 nitrogen and oxygen atoms in total. The summed E-state index contributed by atoms with van der Waals surface area (Å²) in [6, 6.07) is 12.5. The summed E-state index contributed by atoms with van der Waals surface area (Å²) in [6.45, 7) is 5.28. The number of carbonyl (C=O) groups is 2. The van der Waals surface area contributed by atoms with Crippen LogP contribution in [0.5, 0.6) is 0 Å². The van der Waals surface area contributed by atoms with Crippen molar-refractivity contribution in [3.63, 3.8) is 0 Å². The number of carbonyl (C=O) groups excluding carboxylic acids is 2. The number of hydrogen-bond acceptors (Lipinski definition) is 5. The third kappa shape index (κ3) is 5.88. The lowest BCUT2D eigenvalue weighted by Crippen LogP contribution is -2.45. The Morgan fingerprint density at radius 3 is 2.54 bits per heavy atom. The number of hydrogen-bond donors (Lipinski definition) is 1. The first kappa shape index (κ1) is 19.4. The molecule has 1 N–H and O–H groups in total. The molecule has 1 amide bonds. The molecule has 26 heavy (non-hydrogen) atoms. The number of alkyl carbamates (subject to hydrolysis) is 1. The van der Waals surface area contributed by atoms with Gasteiger partial charge in [-0.05, 0) is 44.5 Å². The summed E-state index contributed by atoms with van der Waals surface area (Å²) in [5.74, 6) is -0.529. The minimum atomic E-state index is -0.839. The zero-order valence-electron chi connectivity index (χ0n) is 15.5. The van der Waals surface area contributed by atoms with E-state index in [0.717, 1.165) is 16.8 Å². The molecule has 0 saturated heterocycles. The predicted molar refractivity (Wildman–Crippen MR) is 98.6 cm³/mol. The van der Waals surface area contributed by atoms with Crippen LogP contribution < -0.4 is 5.32 Å². The molecule has 1 aromatic heterocycles. The van der Waals surface area contributed by atoms with Crippen LogP contribution in [0.3, 0.4) is 0 Å². The number of esters is 1. The van der Waals surface area contributed by atoms with Crippen LogP contribution in [0.2, 0.25) is 0 Å². The van der Waals surface area contributed by atoms with Crippen molar-refractivity contribution in [2.45, 2.75) is 38.8 Å². The molecule has 0 radical (unpaired) electrons. The molecule has 0 aliphatic rings. The van der Waals surface area contributed by atoms with E-state index in [9.17, 15) is 9.59 Å². The molecular weight excluding hydrogens is 332 g/mol. The molecule has 0 spiro atoms. The highest BCUT2D eigenvalue weighted by molar-refractivity contribution is 5.81. The zero-order valence-corrected chi connectivity index (χ0v) is 15.5. The summed E-state index contributed by atoms with van der Waals surface area (Å²) < 4.78 is 10.0. The van der Waals surface area contributed by atoms with Crippen molar-refractivity contribution in [3.8, 4) is 11.3 Å². The second kappa shape index (κ2) is 8.47. The molecule has 0 bridgehead atoms. The van der Waals surface area contributed by atoms with Crippen LogP contribution in [0.4, 0.5) is 4.79 Å². The van der Waals surface area contributed by atoms with E-state index in [4.69, 9.17) is 9.47 Å². The lowest BCUT2D eigenvalue weighted by atomic mass is 10.0. The Morgan fingerprint density at radius 2 is 1.92 bits per heavy atom. The molecule has 1 heterocycles. The topological polar surface area (TPSA) is 77.5 Å². The minimum Gasteiger partial charge on any atom is -0.467 e. The summed E-state index contributed by atoms with van der Waals surface area (Å²) in [4.78, 5) is 28.4. The van der Waals surface area contributed by atoms with Crippen LogP contribution in [0, 0.1) is 0 Å². The maximum atomic E-state index is 12.1. The standard InChI is InChI=1S/C20H24N2O4/c1-20(2,3)26-19(24)22-17(18(23)25-4)13-14-8-7-9-15(12-14)16-10-5-6-11-21-16/h5-12,17H,13H2,1-4H3,(H,22,24)/t17-/m0/s1. The van der Waals surface area contributed by atoms with Crippen molar-refractivity contribution in [1.29, 1.82) is 0 Å². The average Bonchev–Trinajstić information content (AvgIpc) is 2.60. The molecule has 2 rings (SSSR count). The van der Waals surface area contributed by atoms with Gasteiger partial charge in [0.05, 0.1) is 12.8 Å². The summed E-state index contributed by atoms with van der Waals surface area (Å²) in [7, 11) is 1.29. The fourth-order valence-electron chi connectivity index (χ4n) is 2.41. The molecule has 0 fully saturated rings. The van der Waals surface area contributed by atoms with Crippen LogP contribution in [0.15, 0.2) is 48.7 Å². The second-order valence-corrected chi connectivity index (χ2v) is 6.84. The molecule has 1 atom stereocenters. The lowest BCUT2D eigenvalue weighted by molar-refractivity contribution is -0.143. The molecule has 6 heteroatoms. The molecule has 138 valence electrons. The van der Waals surface area contributed by atoms with E-state index in [2.05, 4.69) is 10.3 Å². The fraction of sp³-hybridized carbons (Fsp3) is 0.350. The summed E-state index contributed by atoms with van der Waals surface area (Å²) in [5, 5.41) is 2.58. The molecule has 2 aromatic rings. The van der Waals surface area contributed by atoms with Gasteiger partial charge in [-0.1, -0.05) is 24.3 Å². The molecule has 0 saturated carbocycles. The van der Waals surface area contributed by atoms with Gasteiger partial charge in [-0.25, -0.2) is 9.59 Å². The van der Waals surface area contributed by atoms with Gasteiger partial charge in [0.15, 0.2) is 0 Å². The Morgan fingerprint density at radius 1 is 1.15 bits per heavy atom. The monoisotopic (exact) mass is 356 g/mol. The van der Waals surface area contributed by atoms with Crippen molar-refractivity contribution < 1.29 is 19.1 Å². The number of methoxy groups -OCH3 is 1. The first-order valence-electron chi connectivity index (χ1n) is 8.36. The van der Waals surface area contributed by atoms with Gasteiger partial charge in [0, 0.05) is 18.2 Å². The third-order valence-corrected chi connectivity index (χ3v) is 3.50. The smallest absolute Gasteiger partial charge is 0.408 e. The van der Waals surface area contributed by atoms with E-state index in [1.165, 1.54) is 7.11 Å². The Hall–Kier alpha value is -2.89. The number of pyridine rings is 1. The zero-order chi connectivity index (χ0) is 19.2. The van der Waals surface area contributed by atoms with Gasteiger partial charge in [-0.2, -0.15) is 0 Å². The highest BCUT2D eigenvalue weighted by Crippen LogP contribution is 2.19. The number of amides is 1. The Labute approximate surface area is 153 Å². The van der Waals surface area contributed by atoms with E-state index in [1.807, 2.05) is 42.5 Å². The number of nitrogens with zero attached hydrogens (tertiary/aromatic N) is 1. The van der Waals surface area contributed by atoms with Crippen LogP contribution in [0.25, 0.3) is 11.3 Å². The van der Waals surface area contributed by atoms with Gasteiger partial charge in [-0.3, -0.25) is 4.98 Å². The molecule has 0 unspecified atom stereocenters. The maximum Gasteiger partial charge on any atom is 0.408 e. The van der Waals surface area contributed by atoms with Crippen molar-refractivity contribution in [3.05, 3.63) is 54.2 Å². The summed E-state index contributed by atoms with van der Waals surface area (Å²) in [5.41, 5.74) is 2.00. The highest BCUT2D eigenvalue weighted by Gasteiger charge is 2.25. The molecule has 1 aromatic carbocycles. The quantitative estimate of drug-likeness (QED) is 0.831. The third-order valence-electron chi connectivity index (χ3n) is 3.50. The highest BCUT2D eigenvalue weighted by atomic mass is 16.6. The first-order valence-corrected chi connectivity index (χ1v) is 8.36. The number of ether oxygens (including phenoxy) is 2. The normalized spacial score (nSPS) is 12.2. The van der Waals surface area contributed by atoms with Crippen molar-refractivity contribution in [2.24, 2.45) is 0 Å². The van der Waals surface area contributed by atoms with Crippen molar-refractivity contribution in [2.75, 3.05) is 7.11 Å². The number of aromatic nitrogens is 1. The van der Waals surface area contributed by atoms with Gasteiger partial charge in [0.2, 0.25) is 0 Å². The fourth-order valence-corrected chi connectivity index (χ4v) is 2.41. The number of nitrogens with one attached hydrogen (secondary N) is 1. The largest absolute Gasteiger partial charge is 0.467 e. The maximum absolute atomic E-state index is 12.1.